The van der Waals surface area contributed by atoms with Gasteiger partial charge in [-0.25, -0.2) is 0 Å². The fraction of sp³-hybridized carbons (Fsp3) is 0.450. The van der Waals surface area contributed by atoms with Crippen LogP contribution in [0.4, 0.5) is 11.4 Å². The number of hydrogen-bond acceptors (Lipinski definition) is 3. The van der Waals surface area contributed by atoms with Gasteiger partial charge in [0.15, 0.2) is 6.54 Å². The molecule has 1 fully saturated rings. The summed E-state index contributed by atoms with van der Waals surface area (Å²) in [5, 5.41) is 7.24. The molecule has 0 bridgehead atoms. The molecule has 0 spiro atoms. The van der Waals surface area contributed by atoms with E-state index in [0.29, 0.717) is 6.54 Å². The summed E-state index contributed by atoms with van der Waals surface area (Å²) < 4.78 is 0. The molecule has 0 aliphatic carbocycles. The van der Waals surface area contributed by atoms with Gasteiger partial charge in [-0.2, -0.15) is 11.3 Å². The quantitative estimate of drug-likeness (QED) is 0.833. The van der Waals surface area contributed by atoms with Gasteiger partial charge < -0.3 is 15.1 Å². The zero-order chi connectivity index (χ0) is 17.5. The van der Waals surface area contributed by atoms with Crippen LogP contribution in [0, 0.1) is 0 Å². The fourth-order valence-corrected chi connectivity index (χ4v) is 4.04. The maximum Gasteiger partial charge on any atom is 0.279 e. The summed E-state index contributed by atoms with van der Waals surface area (Å²) in [6, 6.07) is 10.4. The van der Waals surface area contributed by atoms with Gasteiger partial charge in [0.1, 0.15) is 6.54 Å². The smallest absolute Gasteiger partial charge is 0.279 e. The van der Waals surface area contributed by atoms with Crippen LogP contribution in [0.15, 0.2) is 41.1 Å². The standard InChI is InChI=1S/C20H27N3OS/c1-22(14-17-10-13-25-16-17)15-20(24)21-18-6-8-19(9-7-18)23-11-4-2-3-5-12-23/h6-10,13,16H,2-5,11-12,14-15H2,1H3,(H,21,24)/p+1. The number of amides is 1. The van der Waals surface area contributed by atoms with E-state index in [-0.39, 0.29) is 5.91 Å². The van der Waals surface area contributed by atoms with Crippen molar-refractivity contribution in [3.8, 4) is 0 Å². The lowest BCUT2D eigenvalue weighted by Crippen LogP contribution is -3.08. The minimum atomic E-state index is 0.0650. The Labute approximate surface area is 154 Å². The van der Waals surface area contributed by atoms with Crippen LogP contribution in [0.2, 0.25) is 0 Å². The van der Waals surface area contributed by atoms with Gasteiger partial charge in [0.25, 0.3) is 5.91 Å². The van der Waals surface area contributed by atoms with Crippen molar-refractivity contribution in [2.24, 2.45) is 0 Å². The third-order valence-electron chi connectivity index (χ3n) is 4.67. The van der Waals surface area contributed by atoms with Crippen LogP contribution in [0.1, 0.15) is 31.2 Å². The second kappa shape index (κ2) is 9.02. The molecular formula is C20H28N3OS+. The Kier molecular flexibility index (Phi) is 6.48. The first-order chi connectivity index (χ1) is 12.2. The summed E-state index contributed by atoms with van der Waals surface area (Å²) in [5.41, 5.74) is 3.43. The van der Waals surface area contributed by atoms with Crippen molar-refractivity contribution in [1.29, 1.82) is 0 Å². The monoisotopic (exact) mass is 358 g/mol. The van der Waals surface area contributed by atoms with Gasteiger partial charge in [-0.1, -0.05) is 12.8 Å². The number of likely N-dealkylation sites (N-methyl/N-ethyl adjacent to an activating group) is 1. The van der Waals surface area contributed by atoms with Crippen molar-refractivity contribution >= 4 is 28.6 Å². The van der Waals surface area contributed by atoms with Crippen LogP contribution >= 0.6 is 11.3 Å². The van der Waals surface area contributed by atoms with Crippen LogP contribution in [0.5, 0.6) is 0 Å². The highest BCUT2D eigenvalue weighted by atomic mass is 32.1. The maximum atomic E-state index is 12.2. The zero-order valence-electron chi connectivity index (χ0n) is 15.0. The Bertz CT molecular complexity index is 646. The molecule has 3 rings (SSSR count). The molecule has 25 heavy (non-hydrogen) atoms. The van der Waals surface area contributed by atoms with Gasteiger partial charge in [-0.05, 0) is 53.9 Å². The number of benzene rings is 1. The van der Waals surface area contributed by atoms with Gasteiger partial charge in [-0.3, -0.25) is 4.79 Å². The molecule has 2 N–H and O–H groups in total. The third kappa shape index (κ3) is 5.58. The lowest BCUT2D eigenvalue weighted by atomic mass is 10.2. The molecule has 1 atom stereocenters. The zero-order valence-corrected chi connectivity index (χ0v) is 15.8. The topological polar surface area (TPSA) is 36.8 Å². The minimum Gasteiger partial charge on any atom is -0.372 e. The molecule has 134 valence electrons. The number of nitrogens with one attached hydrogen (secondary N) is 2. The number of rotatable bonds is 6. The van der Waals surface area contributed by atoms with Gasteiger partial charge in [-0.15, -0.1) is 0 Å². The van der Waals surface area contributed by atoms with E-state index in [1.165, 1.54) is 41.8 Å². The SMILES string of the molecule is C[NH+](CC(=O)Nc1ccc(N2CCCCCC2)cc1)Cc1ccsc1. The minimum absolute atomic E-state index is 0.0650. The molecule has 1 aromatic heterocycles. The molecule has 2 heterocycles. The first-order valence-corrected chi connectivity index (χ1v) is 10.1. The molecule has 1 aromatic carbocycles. The largest absolute Gasteiger partial charge is 0.372 e. The van der Waals surface area contributed by atoms with Gasteiger partial charge in [0, 0.05) is 30.0 Å². The molecule has 1 aliphatic rings. The summed E-state index contributed by atoms with van der Waals surface area (Å²) in [6.07, 6.45) is 5.23. The molecule has 2 aromatic rings. The van der Waals surface area contributed by atoms with Gasteiger partial charge in [0.05, 0.1) is 7.05 Å². The molecule has 1 amide bonds. The van der Waals surface area contributed by atoms with E-state index in [9.17, 15) is 4.79 Å². The fourth-order valence-electron chi connectivity index (χ4n) is 3.37. The molecule has 1 saturated heterocycles. The van der Waals surface area contributed by atoms with E-state index in [1.807, 2.05) is 12.1 Å². The summed E-state index contributed by atoms with van der Waals surface area (Å²) in [6.45, 7) is 3.64. The first kappa shape index (κ1) is 18.0. The Balaban J connectivity index is 1.49. The van der Waals surface area contributed by atoms with Gasteiger partial charge in [0.2, 0.25) is 0 Å². The normalized spacial score (nSPS) is 16.3. The second-order valence-electron chi connectivity index (χ2n) is 6.94. The molecule has 5 heteroatoms. The Morgan fingerprint density at radius 3 is 2.48 bits per heavy atom. The van der Waals surface area contributed by atoms with Crippen molar-refractivity contribution in [3.05, 3.63) is 46.7 Å². The van der Waals surface area contributed by atoms with Crippen molar-refractivity contribution in [1.82, 2.24) is 0 Å². The lowest BCUT2D eigenvalue weighted by Gasteiger charge is -2.22. The van der Waals surface area contributed by atoms with Crippen LogP contribution in [0.3, 0.4) is 0 Å². The summed E-state index contributed by atoms with van der Waals surface area (Å²) in [7, 11) is 2.06. The number of carbonyl (C=O) groups is 1. The average Bonchev–Trinajstić information content (AvgIpc) is 2.94. The number of hydrogen-bond donors (Lipinski definition) is 2. The van der Waals surface area contributed by atoms with Crippen molar-refractivity contribution in [3.63, 3.8) is 0 Å². The van der Waals surface area contributed by atoms with E-state index in [2.05, 4.69) is 46.2 Å². The van der Waals surface area contributed by atoms with Gasteiger partial charge >= 0.3 is 0 Å². The number of quaternary nitrogens is 1. The number of thiophene rings is 1. The predicted octanol–water partition coefficient (Wildman–Crippen LogP) is 2.78. The summed E-state index contributed by atoms with van der Waals surface area (Å²) >= 11 is 1.70. The van der Waals surface area contributed by atoms with Crippen LogP contribution in [-0.4, -0.2) is 32.6 Å². The van der Waals surface area contributed by atoms with Crippen molar-refractivity contribution in [2.75, 3.05) is 36.9 Å². The summed E-state index contributed by atoms with van der Waals surface area (Å²) in [4.78, 5) is 15.9. The van der Waals surface area contributed by atoms with E-state index >= 15 is 0 Å². The Hall–Kier alpha value is -1.85. The highest BCUT2D eigenvalue weighted by Gasteiger charge is 2.12. The second-order valence-corrected chi connectivity index (χ2v) is 7.72. The van der Waals surface area contributed by atoms with E-state index in [4.69, 9.17) is 0 Å². The van der Waals surface area contributed by atoms with E-state index < -0.39 is 0 Å². The van der Waals surface area contributed by atoms with Crippen molar-refractivity contribution in [2.45, 2.75) is 32.2 Å². The number of anilines is 2. The highest BCUT2D eigenvalue weighted by Crippen LogP contribution is 2.21. The molecule has 1 unspecified atom stereocenters. The van der Waals surface area contributed by atoms with Crippen molar-refractivity contribution < 1.29 is 9.69 Å². The highest BCUT2D eigenvalue weighted by molar-refractivity contribution is 7.07. The maximum absolute atomic E-state index is 12.2. The molecular weight excluding hydrogens is 330 g/mol. The van der Waals surface area contributed by atoms with E-state index in [1.54, 1.807) is 11.3 Å². The number of carbonyl (C=O) groups excluding carboxylic acids is 1. The van der Waals surface area contributed by atoms with Crippen LogP contribution in [-0.2, 0) is 11.3 Å². The predicted molar refractivity (Wildman–Crippen MR) is 106 cm³/mol. The lowest BCUT2D eigenvalue weighted by molar-refractivity contribution is -0.885. The first-order valence-electron chi connectivity index (χ1n) is 9.18. The third-order valence-corrected chi connectivity index (χ3v) is 5.40. The molecule has 0 radical (unpaired) electrons. The summed E-state index contributed by atoms with van der Waals surface area (Å²) in [5.74, 6) is 0.0650. The number of nitrogens with zero attached hydrogens (tertiary/aromatic N) is 1. The van der Waals surface area contributed by atoms with Crippen LogP contribution in [0.25, 0.3) is 0 Å². The van der Waals surface area contributed by atoms with E-state index in [0.717, 1.165) is 25.3 Å². The Morgan fingerprint density at radius 1 is 1.12 bits per heavy atom. The Morgan fingerprint density at radius 2 is 1.84 bits per heavy atom. The van der Waals surface area contributed by atoms with Crippen LogP contribution < -0.4 is 15.1 Å². The average molecular weight is 359 g/mol. The molecule has 0 saturated carbocycles. The molecule has 4 nitrogen and oxygen atoms in total. The molecule has 1 aliphatic heterocycles.